The first-order chi connectivity index (χ1) is 33.0. The molecular formula is C50H44S2Si. The predicted molar refractivity (Wildman–Crippen MR) is 230 cm³/mol. The standard InChI is InChI=1S/C50H44S2Si/c1-33-27-29-40-44(31-33)52-48-42(50(40,5)6)30-28-34(2)46(48)35-17-15-22-38(32-35)53(36-18-9-7-10-19-36,37-20-11-8-12-21-37)45-26-16-24-41-47(45)51-43-25-14-13-23-39(43)49(41,3)4/h7-32H,1-6H3/i1D3,2D3,3D3,4D3,5D3,6D3. The first kappa shape index (κ1) is 19.7. The Bertz CT molecular complexity index is 3120. The van der Waals surface area contributed by atoms with Crippen molar-refractivity contribution in [2.75, 3.05) is 0 Å². The van der Waals surface area contributed by atoms with Crippen molar-refractivity contribution >= 4 is 52.3 Å². The highest BCUT2D eigenvalue weighted by molar-refractivity contribution is 8.00. The van der Waals surface area contributed by atoms with E-state index in [1.165, 1.54) is 42.1 Å². The normalized spacial score (nSPS) is 21.6. The third-order valence-electron chi connectivity index (χ3n) is 10.5. The summed E-state index contributed by atoms with van der Waals surface area (Å²) in [7, 11) is -3.90. The maximum absolute atomic E-state index is 9.10. The van der Waals surface area contributed by atoms with Gasteiger partial charge in [-0.05, 0) is 91.1 Å². The monoisotopic (exact) mass is 754 g/mol. The highest BCUT2D eigenvalue weighted by Crippen LogP contribution is 2.53. The molecule has 53 heavy (non-hydrogen) atoms. The van der Waals surface area contributed by atoms with Gasteiger partial charge in [0, 0.05) is 55.1 Å². The molecule has 2 aliphatic heterocycles. The quantitative estimate of drug-likeness (QED) is 0.127. The molecule has 260 valence electrons. The summed E-state index contributed by atoms with van der Waals surface area (Å²) in [6, 6.07) is 44.3. The SMILES string of the molecule is [2H]C([2H])([2H])c1ccc2c(c1)Sc1c(ccc(C([2H])([2H])[2H])c1-c1cccc([Si](c3ccccc3)(c3ccccc3)c3cccc4c3Sc3ccccc3C4(C([2H])([2H])[2H])C([2H])([2H])[2H])c1)C2(C([2H])([2H])[2H])C([2H])([2H])[2H]. The van der Waals surface area contributed by atoms with Crippen molar-refractivity contribution in [3.63, 3.8) is 0 Å². The number of fused-ring (bicyclic) bond motifs is 4. The summed E-state index contributed by atoms with van der Waals surface area (Å²) < 4.78 is 160. The van der Waals surface area contributed by atoms with Gasteiger partial charge in [0.05, 0.1) is 0 Å². The Morgan fingerprint density at radius 3 is 1.79 bits per heavy atom. The predicted octanol–water partition coefficient (Wildman–Crippen LogP) is 10.9. The van der Waals surface area contributed by atoms with Gasteiger partial charge in [-0.25, -0.2) is 0 Å². The Morgan fingerprint density at radius 1 is 0.472 bits per heavy atom. The number of rotatable bonds is 5. The summed E-state index contributed by atoms with van der Waals surface area (Å²) in [5.41, 5.74) is -5.32. The van der Waals surface area contributed by atoms with Gasteiger partial charge in [0.15, 0.2) is 8.07 Å². The molecule has 0 N–H and O–H groups in total. The van der Waals surface area contributed by atoms with E-state index in [2.05, 4.69) is 0 Å². The molecule has 7 aromatic rings. The van der Waals surface area contributed by atoms with E-state index >= 15 is 0 Å². The second kappa shape index (κ2) is 12.8. The lowest BCUT2D eigenvalue weighted by molar-refractivity contribution is 0.607. The van der Waals surface area contributed by atoms with Crippen LogP contribution in [0.1, 0.15) is 85.5 Å². The van der Waals surface area contributed by atoms with Gasteiger partial charge >= 0.3 is 0 Å². The van der Waals surface area contributed by atoms with E-state index in [4.69, 9.17) is 24.7 Å². The lowest BCUT2D eigenvalue weighted by Gasteiger charge is -2.41. The van der Waals surface area contributed by atoms with E-state index in [9.17, 15) is 0 Å². The minimum Gasteiger partial charge on any atom is -0.0895 e. The van der Waals surface area contributed by atoms with Crippen LogP contribution in [0.2, 0.25) is 0 Å². The maximum atomic E-state index is 9.10. The fourth-order valence-corrected chi connectivity index (χ4v) is 16.1. The number of aryl methyl sites for hydroxylation is 2. The minimum absolute atomic E-state index is 0.0225. The molecule has 0 fully saturated rings. The van der Waals surface area contributed by atoms with Crippen molar-refractivity contribution in [3.8, 4) is 11.1 Å². The molecule has 0 amide bonds. The molecule has 9 rings (SSSR count). The van der Waals surface area contributed by atoms with E-state index in [-0.39, 0.29) is 54.3 Å². The first-order valence-electron chi connectivity index (χ1n) is 26.2. The fourth-order valence-electron chi connectivity index (χ4n) is 8.05. The molecule has 0 saturated carbocycles. The molecule has 2 aliphatic rings. The molecule has 0 atom stereocenters. The van der Waals surface area contributed by atoms with Crippen LogP contribution in [0.5, 0.6) is 0 Å². The van der Waals surface area contributed by atoms with E-state index in [0.29, 0.717) is 20.2 Å². The Morgan fingerprint density at radius 2 is 1.08 bits per heavy atom. The maximum Gasteiger partial charge on any atom is 0.180 e. The van der Waals surface area contributed by atoms with Crippen molar-refractivity contribution in [1.82, 2.24) is 0 Å². The number of benzene rings is 7. The molecule has 0 spiro atoms. The Labute approximate surface area is 350 Å². The van der Waals surface area contributed by atoms with Gasteiger partial charge in [-0.1, -0.05) is 197 Å². The Balaban J connectivity index is 1.43. The van der Waals surface area contributed by atoms with Crippen LogP contribution in [-0.2, 0) is 10.8 Å². The van der Waals surface area contributed by atoms with E-state index in [0.717, 1.165) is 22.1 Å². The van der Waals surface area contributed by atoms with Gasteiger partial charge in [-0.3, -0.25) is 0 Å². The van der Waals surface area contributed by atoms with Crippen molar-refractivity contribution in [2.24, 2.45) is 0 Å². The zero-order valence-electron chi connectivity index (χ0n) is 46.3. The molecule has 0 radical (unpaired) electrons. The summed E-state index contributed by atoms with van der Waals surface area (Å²) in [5.74, 6) is 0. The van der Waals surface area contributed by atoms with Crippen molar-refractivity contribution in [1.29, 1.82) is 0 Å². The largest absolute Gasteiger partial charge is 0.180 e. The number of hydrogen-bond acceptors (Lipinski definition) is 2. The van der Waals surface area contributed by atoms with E-state index < -0.39 is 60.0 Å². The summed E-state index contributed by atoms with van der Waals surface area (Å²) in [5, 5.41) is 2.91. The van der Waals surface area contributed by atoms with Crippen LogP contribution < -0.4 is 20.7 Å². The fraction of sp³-hybridized carbons (Fsp3) is 0.160. The van der Waals surface area contributed by atoms with Crippen LogP contribution in [0.25, 0.3) is 11.1 Å². The molecule has 0 bridgehead atoms. The summed E-state index contributed by atoms with van der Waals surface area (Å²) in [6.45, 7) is -18.2. The van der Waals surface area contributed by atoms with Crippen LogP contribution in [0, 0.1) is 13.7 Å². The average Bonchev–Trinajstić information content (AvgIpc) is 3.28. The Hall–Kier alpha value is -4.54. The van der Waals surface area contributed by atoms with Crippen molar-refractivity contribution in [2.45, 2.75) is 71.5 Å². The molecule has 2 heterocycles. The van der Waals surface area contributed by atoms with Crippen LogP contribution in [-0.4, -0.2) is 8.07 Å². The zero-order chi connectivity index (χ0) is 51.5. The molecule has 0 unspecified atom stereocenters. The topological polar surface area (TPSA) is 0 Å². The first-order valence-corrected chi connectivity index (χ1v) is 20.8. The third-order valence-corrected chi connectivity index (χ3v) is 17.9. The van der Waals surface area contributed by atoms with Crippen molar-refractivity contribution < 1.29 is 24.7 Å². The second-order valence-corrected chi connectivity index (χ2v) is 19.4. The highest BCUT2D eigenvalue weighted by Gasteiger charge is 2.46. The van der Waals surface area contributed by atoms with Crippen molar-refractivity contribution in [3.05, 3.63) is 191 Å². The van der Waals surface area contributed by atoms with Crippen LogP contribution in [0.4, 0.5) is 0 Å². The van der Waals surface area contributed by atoms with Crippen LogP contribution in [0.3, 0.4) is 0 Å². The van der Waals surface area contributed by atoms with E-state index in [1.807, 2.05) is 78.9 Å². The lowest BCUT2D eigenvalue weighted by Crippen LogP contribution is -2.75. The molecule has 7 aromatic carbocycles. The highest BCUT2D eigenvalue weighted by atomic mass is 32.2. The van der Waals surface area contributed by atoms with E-state index in [1.54, 1.807) is 48.5 Å². The average molecular weight is 755 g/mol. The molecule has 0 aromatic heterocycles. The molecule has 0 nitrogen and oxygen atoms in total. The lowest BCUT2D eigenvalue weighted by atomic mass is 9.76. The smallest absolute Gasteiger partial charge is 0.0895 e. The summed E-state index contributed by atoms with van der Waals surface area (Å²) in [4.78, 5) is 0.966. The van der Waals surface area contributed by atoms with Gasteiger partial charge in [-0.15, -0.1) is 0 Å². The minimum atomic E-state index is -3.90. The van der Waals surface area contributed by atoms with Gasteiger partial charge < -0.3 is 0 Å². The second-order valence-electron chi connectivity index (χ2n) is 13.5. The van der Waals surface area contributed by atoms with Gasteiger partial charge in [0.25, 0.3) is 0 Å². The van der Waals surface area contributed by atoms with Gasteiger partial charge in [0.2, 0.25) is 0 Å². The van der Waals surface area contributed by atoms with Crippen LogP contribution in [0.15, 0.2) is 177 Å². The third kappa shape index (κ3) is 5.27. The van der Waals surface area contributed by atoms with Gasteiger partial charge in [0.1, 0.15) is 0 Å². The molecule has 0 saturated heterocycles. The summed E-state index contributed by atoms with van der Waals surface area (Å²) >= 11 is 2.21. The van der Waals surface area contributed by atoms with Crippen LogP contribution >= 0.6 is 23.5 Å². The zero-order valence-corrected chi connectivity index (χ0v) is 31.0. The molecule has 3 heteroatoms. The van der Waals surface area contributed by atoms with Gasteiger partial charge in [-0.2, -0.15) is 0 Å². The Kier molecular flexibility index (Phi) is 4.75. The molecule has 0 aliphatic carbocycles. The molecular weight excluding hydrogens is 693 g/mol. The summed E-state index contributed by atoms with van der Waals surface area (Å²) in [6.07, 6.45) is 0. The number of hydrogen-bond donors (Lipinski definition) is 0.